The maximum absolute atomic E-state index is 12.8. The second-order valence-electron chi connectivity index (χ2n) is 7.66. The van der Waals surface area contributed by atoms with E-state index in [1.807, 2.05) is 48.5 Å². The first-order chi connectivity index (χ1) is 17.4. The number of hydrazone groups is 1. The van der Waals surface area contributed by atoms with Crippen molar-refractivity contribution >= 4 is 39.4 Å². The molecule has 0 heterocycles. The van der Waals surface area contributed by atoms with Gasteiger partial charge in [0, 0.05) is 5.56 Å². The molecule has 0 aliphatic carbocycles. The number of para-hydroxylation sites is 1. The van der Waals surface area contributed by atoms with Crippen LogP contribution in [0.25, 0.3) is 0 Å². The number of carbonyl (C=O) groups excluding carboxylic acids is 1. The number of ether oxygens (including phenoxy) is 1. The number of carbonyl (C=O) groups is 1. The minimum Gasteiger partial charge on any atom is -0.489 e. The molecule has 0 atom stereocenters. The number of halogens is 1. The van der Waals surface area contributed by atoms with Gasteiger partial charge in [0.25, 0.3) is 15.9 Å². The third kappa shape index (κ3) is 6.71. The predicted octanol–water partition coefficient (Wildman–Crippen LogP) is 5.48. The molecule has 4 aromatic carbocycles. The summed E-state index contributed by atoms with van der Waals surface area (Å²) in [6.45, 7) is 0.433. The highest BCUT2D eigenvalue weighted by atomic mass is 35.5. The summed E-state index contributed by atoms with van der Waals surface area (Å²) in [7, 11) is -3.95. The maximum Gasteiger partial charge on any atom is 0.271 e. The van der Waals surface area contributed by atoms with Gasteiger partial charge in [0.15, 0.2) is 0 Å². The highest BCUT2D eigenvalue weighted by Gasteiger charge is 2.17. The molecule has 4 aromatic rings. The van der Waals surface area contributed by atoms with Crippen molar-refractivity contribution in [3.63, 3.8) is 0 Å². The van der Waals surface area contributed by atoms with Crippen LogP contribution >= 0.6 is 11.6 Å². The van der Waals surface area contributed by atoms with Gasteiger partial charge in [-0.25, -0.2) is 13.8 Å². The monoisotopic (exact) mass is 519 g/mol. The molecule has 0 fully saturated rings. The van der Waals surface area contributed by atoms with E-state index in [0.717, 1.165) is 11.1 Å². The summed E-state index contributed by atoms with van der Waals surface area (Å²) in [5.41, 5.74) is 4.57. The van der Waals surface area contributed by atoms with E-state index in [1.54, 1.807) is 30.3 Å². The zero-order valence-electron chi connectivity index (χ0n) is 19.0. The standard InChI is InChI=1S/C27H22ClN3O4S/c28-25-14-4-5-15-26(25)31-36(33,34)24-13-7-11-22(17-24)27(32)30-29-18-21-10-6-12-23(16-21)35-19-20-8-2-1-3-9-20/h1-18,31H,19H2,(H,30,32)/b29-18-. The number of benzene rings is 4. The first-order valence-electron chi connectivity index (χ1n) is 10.9. The van der Waals surface area contributed by atoms with Crippen molar-refractivity contribution in [2.45, 2.75) is 11.5 Å². The van der Waals surface area contributed by atoms with E-state index in [1.165, 1.54) is 30.5 Å². The van der Waals surface area contributed by atoms with E-state index in [4.69, 9.17) is 16.3 Å². The van der Waals surface area contributed by atoms with Crippen LogP contribution in [0.3, 0.4) is 0 Å². The SMILES string of the molecule is O=C(N/N=C\c1cccc(OCc2ccccc2)c1)c1cccc(S(=O)(=O)Nc2ccccc2Cl)c1. The molecule has 0 radical (unpaired) electrons. The van der Waals surface area contributed by atoms with Gasteiger partial charge in [-0.15, -0.1) is 0 Å². The summed E-state index contributed by atoms with van der Waals surface area (Å²) < 4.78 is 33.8. The van der Waals surface area contributed by atoms with Crippen molar-refractivity contribution in [3.8, 4) is 5.75 Å². The van der Waals surface area contributed by atoms with Crippen molar-refractivity contribution in [3.05, 3.63) is 125 Å². The Bertz CT molecular complexity index is 1490. The smallest absolute Gasteiger partial charge is 0.271 e. The number of anilines is 1. The van der Waals surface area contributed by atoms with Crippen LogP contribution in [0.1, 0.15) is 21.5 Å². The molecule has 0 saturated carbocycles. The minimum atomic E-state index is -3.95. The first kappa shape index (κ1) is 25.0. The van der Waals surface area contributed by atoms with E-state index >= 15 is 0 Å². The molecule has 9 heteroatoms. The highest BCUT2D eigenvalue weighted by Crippen LogP contribution is 2.24. The summed E-state index contributed by atoms with van der Waals surface area (Å²) in [4.78, 5) is 12.5. The number of hydrogen-bond donors (Lipinski definition) is 2. The zero-order valence-corrected chi connectivity index (χ0v) is 20.5. The van der Waals surface area contributed by atoms with Crippen LogP contribution in [-0.2, 0) is 16.6 Å². The Morgan fingerprint density at radius 2 is 1.64 bits per heavy atom. The van der Waals surface area contributed by atoms with E-state index < -0.39 is 15.9 Å². The van der Waals surface area contributed by atoms with E-state index in [0.29, 0.717) is 12.4 Å². The molecule has 7 nitrogen and oxygen atoms in total. The average Bonchev–Trinajstić information content (AvgIpc) is 2.90. The van der Waals surface area contributed by atoms with Crippen LogP contribution in [0.5, 0.6) is 5.75 Å². The van der Waals surface area contributed by atoms with Crippen molar-refractivity contribution < 1.29 is 17.9 Å². The fourth-order valence-corrected chi connectivity index (χ4v) is 4.57. The highest BCUT2D eigenvalue weighted by molar-refractivity contribution is 7.92. The minimum absolute atomic E-state index is 0.0812. The molecule has 0 aromatic heterocycles. The van der Waals surface area contributed by atoms with Gasteiger partial charge < -0.3 is 4.74 Å². The molecule has 2 N–H and O–H groups in total. The molecule has 0 unspecified atom stereocenters. The largest absolute Gasteiger partial charge is 0.489 e. The fourth-order valence-electron chi connectivity index (χ4n) is 3.21. The lowest BCUT2D eigenvalue weighted by Crippen LogP contribution is -2.19. The zero-order chi connectivity index (χ0) is 25.4. The van der Waals surface area contributed by atoms with Crippen LogP contribution in [0, 0.1) is 0 Å². The van der Waals surface area contributed by atoms with Gasteiger partial charge in [0.1, 0.15) is 12.4 Å². The number of rotatable bonds is 9. The normalized spacial score (nSPS) is 11.2. The lowest BCUT2D eigenvalue weighted by molar-refractivity contribution is 0.0955. The molecular weight excluding hydrogens is 498 g/mol. The molecule has 36 heavy (non-hydrogen) atoms. The van der Waals surface area contributed by atoms with Crippen molar-refractivity contribution in [1.82, 2.24) is 5.43 Å². The Balaban J connectivity index is 1.39. The molecular formula is C27H22ClN3O4S. The third-order valence-electron chi connectivity index (χ3n) is 5.01. The summed E-state index contributed by atoms with van der Waals surface area (Å²) in [6.07, 6.45) is 1.48. The predicted molar refractivity (Wildman–Crippen MR) is 141 cm³/mol. The quantitative estimate of drug-likeness (QED) is 0.226. The Hall–Kier alpha value is -4.14. The molecule has 0 spiro atoms. The number of nitrogens with one attached hydrogen (secondary N) is 2. The van der Waals surface area contributed by atoms with Gasteiger partial charge >= 0.3 is 0 Å². The molecule has 0 saturated heterocycles. The summed E-state index contributed by atoms with van der Waals surface area (Å²) in [6, 6.07) is 29.2. The summed E-state index contributed by atoms with van der Waals surface area (Å²) in [5.74, 6) is 0.107. The molecule has 182 valence electrons. The Kier molecular flexibility index (Phi) is 7.99. The molecule has 0 aliphatic heterocycles. The lowest BCUT2D eigenvalue weighted by Gasteiger charge is -2.10. The van der Waals surface area contributed by atoms with Crippen LogP contribution in [0.15, 0.2) is 113 Å². The second kappa shape index (κ2) is 11.5. The first-order valence-corrected chi connectivity index (χ1v) is 12.7. The second-order valence-corrected chi connectivity index (χ2v) is 9.75. The van der Waals surface area contributed by atoms with Crippen molar-refractivity contribution in [2.75, 3.05) is 4.72 Å². The van der Waals surface area contributed by atoms with Gasteiger partial charge in [0.05, 0.1) is 21.8 Å². The average molecular weight is 520 g/mol. The van der Waals surface area contributed by atoms with Crippen molar-refractivity contribution in [1.29, 1.82) is 0 Å². The van der Waals surface area contributed by atoms with Gasteiger partial charge in [-0.1, -0.05) is 72.3 Å². The molecule has 1 amide bonds. The van der Waals surface area contributed by atoms with E-state index in [9.17, 15) is 13.2 Å². The van der Waals surface area contributed by atoms with Crippen LogP contribution < -0.4 is 14.9 Å². The van der Waals surface area contributed by atoms with E-state index in [-0.39, 0.29) is 21.2 Å². The van der Waals surface area contributed by atoms with E-state index in [2.05, 4.69) is 15.2 Å². The summed E-state index contributed by atoms with van der Waals surface area (Å²) >= 11 is 6.05. The maximum atomic E-state index is 12.8. The van der Waals surface area contributed by atoms with Gasteiger partial charge in [-0.05, 0) is 53.6 Å². The number of hydrogen-bond acceptors (Lipinski definition) is 5. The fraction of sp³-hybridized carbons (Fsp3) is 0.0370. The lowest BCUT2D eigenvalue weighted by atomic mass is 10.2. The number of nitrogens with zero attached hydrogens (tertiary/aromatic N) is 1. The van der Waals surface area contributed by atoms with Gasteiger partial charge in [-0.3, -0.25) is 9.52 Å². The van der Waals surface area contributed by atoms with Crippen LogP contribution in [-0.4, -0.2) is 20.5 Å². The topological polar surface area (TPSA) is 96.9 Å². The molecule has 4 rings (SSSR count). The Morgan fingerprint density at radius 1 is 0.889 bits per heavy atom. The third-order valence-corrected chi connectivity index (χ3v) is 6.70. The van der Waals surface area contributed by atoms with Gasteiger partial charge in [-0.2, -0.15) is 5.10 Å². The van der Waals surface area contributed by atoms with Crippen LogP contribution in [0.2, 0.25) is 5.02 Å². The molecule has 0 bridgehead atoms. The number of amides is 1. The number of sulfonamides is 1. The van der Waals surface area contributed by atoms with Crippen molar-refractivity contribution in [2.24, 2.45) is 5.10 Å². The Morgan fingerprint density at radius 3 is 2.44 bits per heavy atom. The molecule has 0 aliphatic rings. The summed E-state index contributed by atoms with van der Waals surface area (Å²) in [5, 5.41) is 4.25. The van der Waals surface area contributed by atoms with Gasteiger partial charge in [0.2, 0.25) is 0 Å². The Labute approximate surface area is 214 Å². The van der Waals surface area contributed by atoms with Crippen LogP contribution in [0.4, 0.5) is 5.69 Å².